The molecular formula is C16H20N4O. The van der Waals surface area contributed by atoms with Crippen molar-refractivity contribution < 1.29 is 4.79 Å². The summed E-state index contributed by atoms with van der Waals surface area (Å²) in [5.74, 6) is 0.327. The molecule has 1 amide bonds. The number of anilines is 1. The second-order valence-corrected chi connectivity index (χ2v) is 5.46. The Morgan fingerprint density at radius 2 is 1.86 bits per heavy atom. The highest BCUT2D eigenvalue weighted by atomic mass is 16.2. The smallest absolute Gasteiger partial charge is 0.259 e. The van der Waals surface area contributed by atoms with E-state index in [9.17, 15) is 4.79 Å². The number of benzene rings is 1. The second-order valence-electron chi connectivity index (χ2n) is 5.46. The van der Waals surface area contributed by atoms with Gasteiger partial charge in [0.25, 0.3) is 5.91 Å². The molecule has 1 saturated heterocycles. The molecule has 5 nitrogen and oxygen atoms in total. The van der Waals surface area contributed by atoms with Gasteiger partial charge in [0.2, 0.25) is 0 Å². The Hall–Kier alpha value is -2.30. The molecule has 1 aromatic heterocycles. The predicted octanol–water partition coefficient (Wildman–Crippen LogP) is 2.14. The van der Waals surface area contributed by atoms with Gasteiger partial charge in [0.05, 0.1) is 6.54 Å². The summed E-state index contributed by atoms with van der Waals surface area (Å²) in [5.41, 5.74) is 7.58. The lowest BCUT2D eigenvalue weighted by atomic mass is 10.1. The average Bonchev–Trinajstić information content (AvgIpc) is 2.89. The molecule has 0 spiro atoms. The summed E-state index contributed by atoms with van der Waals surface area (Å²) in [6, 6.07) is 10.0. The van der Waals surface area contributed by atoms with Gasteiger partial charge in [0, 0.05) is 19.3 Å². The third-order valence-corrected chi connectivity index (χ3v) is 3.85. The highest BCUT2D eigenvalue weighted by molar-refractivity contribution is 5.98. The zero-order valence-electron chi connectivity index (χ0n) is 12.0. The van der Waals surface area contributed by atoms with Crippen LogP contribution in [-0.4, -0.2) is 33.7 Å². The van der Waals surface area contributed by atoms with Crippen LogP contribution in [0.2, 0.25) is 0 Å². The number of aromatic nitrogens is 2. The van der Waals surface area contributed by atoms with Crippen LogP contribution in [-0.2, 0) is 6.54 Å². The van der Waals surface area contributed by atoms with Crippen LogP contribution in [0, 0.1) is 0 Å². The molecule has 110 valence electrons. The lowest BCUT2D eigenvalue weighted by Crippen LogP contribution is -2.35. The number of hydrogen-bond donors (Lipinski definition) is 1. The summed E-state index contributed by atoms with van der Waals surface area (Å²) in [5, 5.41) is 4.27. The summed E-state index contributed by atoms with van der Waals surface area (Å²) in [7, 11) is 0. The molecule has 0 radical (unpaired) electrons. The Balaban J connectivity index is 1.76. The van der Waals surface area contributed by atoms with E-state index >= 15 is 0 Å². The molecule has 2 N–H and O–H groups in total. The van der Waals surface area contributed by atoms with E-state index < -0.39 is 0 Å². The Kier molecular flexibility index (Phi) is 3.90. The van der Waals surface area contributed by atoms with E-state index in [2.05, 4.69) is 5.10 Å². The number of piperidine rings is 1. The quantitative estimate of drug-likeness (QED) is 0.939. The Morgan fingerprint density at radius 1 is 1.14 bits per heavy atom. The maximum Gasteiger partial charge on any atom is 0.259 e. The van der Waals surface area contributed by atoms with Gasteiger partial charge in [-0.1, -0.05) is 30.3 Å². The first-order chi connectivity index (χ1) is 10.2. The van der Waals surface area contributed by atoms with Crippen LogP contribution in [0.25, 0.3) is 0 Å². The summed E-state index contributed by atoms with van der Waals surface area (Å²) in [6.45, 7) is 2.27. The van der Waals surface area contributed by atoms with Crippen molar-refractivity contribution in [1.29, 1.82) is 0 Å². The van der Waals surface area contributed by atoms with Crippen molar-refractivity contribution >= 4 is 11.7 Å². The standard InChI is InChI=1S/C16H20N4O/c17-15-14(16(21)19-9-5-2-6-10-19)12-20(18-15)11-13-7-3-1-4-8-13/h1,3-4,7-8,12H,2,5-6,9-11H2,(H2,17,18). The van der Waals surface area contributed by atoms with Gasteiger partial charge in [-0.05, 0) is 24.8 Å². The molecule has 0 aliphatic carbocycles. The number of carbonyl (C=O) groups excluding carboxylic acids is 1. The van der Waals surface area contributed by atoms with Crippen LogP contribution in [0.4, 0.5) is 5.82 Å². The highest BCUT2D eigenvalue weighted by Crippen LogP contribution is 2.17. The average molecular weight is 284 g/mol. The fourth-order valence-electron chi connectivity index (χ4n) is 2.72. The van der Waals surface area contributed by atoms with Crippen LogP contribution < -0.4 is 5.73 Å². The molecular weight excluding hydrogens is 264 g/mol. The summed E-state index contributed by atoms with van der Waals surface area (Å²) in [6.07, 6.45) is 5.11. The molecule has 0 saturated carbocycles. The fraction of sp³-hybridized carbons (Fsp3) is 0.375. The number of nitrogens with two attached hydrogens (primary N) is 1. The Labute approximate surface area is 124 Å². The van der Waals surface area contributed by atoms with Gasteiger partial charge >= 0.3 is 0 Å². The van der Waals surface area contributed by atoms with Gasteiger partial charge in [0.15, 0.2) is 5.82 Å². The summed E-state index contributed by atoms with van der Waals surface area (Å²) < 4.78 is 1.74. The number of nitrogens with zero attached hydrogens (tertiary/aromatic N) is 3. The molecule has 5 heteroatoms. The monoisotopic (exact) mass is 284 g/mol. The Bertz CT molecular complexity index is 614. The molecule has 1 fully saturated rings. The molecule has 3 rings (SSSR count). The number of nitrogen functional groups attached to an aromatic ring is 1. The molecule has 0 atom stereocenters. The number of likely N-dealkylation sites (tertiary alicyclic amines) is 1. The predicted molar refractivity (Wildman–Crippen MR) is 81.9 cm³/mol. The summed E-state index contributed by atoms with van der Waals surface area (Å²) >= 11 is 0. The maximum atomic E-state index is 12.5. The van der Waals surface area contributed by atoms with Gasteiger partial charge in [-0.3, -0.25) is 9.48 Å². The molecule has 1 aromatic carbocycles. The molecule has 1 aliphatic heterocycles. The molecule has 21 heavy (non-hydrogen) atoms. The van der Waals surface area contributed by atoms with Crippen LogP contribution in [0.3, 0.4) is 0 Å². The van der Waals surface area contributed by atoms with Crippen molar-refractivity contribution in [1.82, 2.24) is 14.7 Å². The minimum atomic E-state index is 0.00603. The lowest BCUT2D eigenvalue weighted by molar-refractivity contribution is 0.0725. The third kappa shape index (κ3) is 3.07. The first kappa shape index (κ1) is 13.7. The van der Waals surface area contributed by atoms with Gasteiger partial charge < -0.3 is 10.6 Å². The third-order valence-electron chi connectivity index (χ3n) is 3.85. The van der Waals surface area contributed by atoms with Gasteiger partial charge in [-0.25, -0.2) is 0 Å². The van der Waals surface area contributed by atoms with Crippen LogP contribution in [0.15, 0.2) is 36.5 Å². The van der Waals surface area contributed by atoms with E-state index in [0.29, 0.717) is 17.9 Å². The minimum absolute atomic E-state index is 0.00603. The van der Waals surface area contributed by atoms with Gasteiger partial charge in [-0.15, -0.1) is 0 Å². The number of carbonyl (C=O) groups is 1. The topological polar surface area (TPSA) is 64.1 Å². The molecule has 0 bridgehead atoms. The molecule has 2 aromatic rings. The normalized spacial score (nSPS) is 15.1. The van der Waals surface area contributed by atoms with E-state index in [1.807, 2.05) is 35.2 Å². The van der Waals surface area contributed by atoms with Crippen molar-refractivity contribution in [3.8, 4) is 0 Å². The van der Waals surface area contributed by atoms with Crippen LogP contribution in [0.1, 0.15) is 35.2 Å². The number of hydrogen-bond acceptors (Lipinski definition) is 3. The van der Waals surface area contributed by atoms with Crippen molar-refractivity contribution in [2.24, 2.45) is 0 Å². The number of amides is 1. The lowest BCUT2D eigenvalue weighted by Gasteiger charge is -2.26. The molecule has 0 unspecified atom stereocenters. The first-order valence-corrected chi connectivity index (χ1v) is 7.40. The van der Waals surface area contributed by atoms with Crippen molar-refractivity contribution in [3.63, 3.8) is 0 Å². The van der Waals surface area contributed by atoms with Crippen molar-refractivity contribution in [2.75, 3.05) is 18.8 Å². The van der Waals surface area contributed by atoms with Crippen LogP contribution >= 0.6 is 0 Å². The van der Waals surface area contributed by atoms with Gasteiger partial charge in [-0.2, -0.15) is 5.10 Å². The molecule has 1 aliphatic rings. The zero-order valence-corrected chi connectivity index (χ0v) is 12.0. The van der Waals surface area contributed by atoms with E-state index in [1.54, 1.807) is 10.9 Å². The second kappa shape index (κ2) is 5.99. The van der Waals surface area contributed by atoms with E-state index in [1.165, 1.54) is 6.42 Å². The van der Waals surface area contributed by atoms with Gasteiger partial charge in [0.1, 0.15) is 5.56 Å². The maximum absolute atomic E-state index is 12.5. The largest absolute Gasteiger partial charge is 0.382 e. The molecule has 2 heterocycles. The Morgan fingerprint density at radius 3 is 2.57 bits per heavy atom. The fourth-order valence-corrected chi connectivity index (χ4v) is 2.72. The van der Waals surface area contributed by atoms with Crippen molar-refractivity contribution in [2.45, 2.75) is 25.8 Å². The van der Waals surface area contributed by atoms with E-state index in [-0.39, 0.29) is 5.91 Å². The highest BCUT2D eigenvalue weighted by Gasteiger charge is 2.22. The minimum Gasteiger partial charge on any atom is -0.382 e. The SMILES string of the molecule is Nc1nn(Cc2ccccc2)cc1C(=O)N1CCCCC1. The van der Waals surface area contributed by atoms with E-state index in [4.69, 9.17) is 5.73 Å². The van der Waals surface area contributed by atoms with E-state index in [0.717, 1.165) is 31.5 Å². The number of rotatable bonds is 3. The zero-order chi connectivity index (χ0) is 14.7. The first-order valence-electron chi connectivity index (χ1n) is 7.40. The van der Waals surface area contributed by atoms with Crippen LogP contribution in [0.5, 0.6) is 0 Å². The summed E-state index contributed by atoms with van der Waals surface area (Å²) in [4.78, 5) is 14.4. The van der Waals surface area contributed by atoms with Crippen molar-refractivity contribution in [3.05, 3.63) is 47.7 Å².